The minimum Gasteiger partial charge on any atom is -0.477 e. The Kier molecular flexibility index (Phi) is 4.73. The fourth-order valence-electron chi connectivity index (χ4n) is 3.49. The molecule has 0 amide bonds. The van der Waals surface area contributed by atoms with Gasteiger partial charge >= 0.3 is 5.97 Å². The van der Waals surface area contributed by atoms with Crippen molar-refractivity contribution in [1.82, 2.24) is 9.97 Å². The number of aryl methyl sites for hydroxylation is 1. The van der Waals surface area contributed by atoms with Crippen molar-refractivity contribution in [2.45, 2.75) is 39.7 Å². The van der Waals surface area contributed by atoms with Crippen molar-refractivity contribution in [2.75, 3.05) is 18.0 Å². The summed E-state index contributed by atoms with van der Waals surface area (Å²) >= 11 is 1.20. The van der Waals surface area contributed by atoms with E-state index in [0.29, 0.717) is 10.8 Å². The summed E-state index contributed by atoms with van der Waals surface area (Å²) in [6.07, 6.45) is 3.08. The molecule has 1 fully saturated rings. The monoisotopic (exact) mass is 349 g/mol. The van der Waals surface area contributed by atoms with E-state index in [2.05, 4.69) is 14.9 Å². The van der Waals surface area contributed by atoms with Crippen molar-refractivity contribution >= 4 is 33.3 Å². The fourth-order valence-corrected chi connectivity index (χ4v) is 4.48. The molecule has 1 aliphatic rings. The Labute approximate surface area is 145 Å². The van der Waals surface area contributed by atoms with Gasteiger partial charge < -0.3 is 15.1 Å². The molecule has 2 N–H and O–H groups in total. The molecule has 1 saturated heterocycles. The third-order valence-corrected chi connectivity index (χ3v) is 6.09. The molecule has 1 aliphatic heterocycles. The standard InChI is InChI=1S/C17H23N3O3S/c1-9(2)13(21)11-4-6-20(7-5-11)15-12-10(3)14(17(22)23)24-16(12)19-8-18-15/h8-9,11,13,21H,4-7H2,1-3H3,(H,22,23)/t13-/m0/s1. The van der Waals surface area contributed by atoms with E-state index in [1.165, 1.54) is 17.7 Å². The highest BCUT2D eigenvalue weighted by molar-refractivity contribution is 7.20. The van der Waals surface area contributed by atoms with E-state index < -0.39 is 5.97 Å². The third kappa shape index (κ3) is 2.98. The lowest BCUT2D eigenvalue weighted by atomic mass is 9.85. The SMILES string of the molecule is Cc1c(C(=O)O)sc2ncnc(N3CCC([C@@H](O)C(C)C)CC3)c12. The second-order valence-electron chi connectivity index (χ2n) is 6.80. The predicted molar refractivity (Wildman–Crippen MR) is 94.9 cm³/mol. The molecular weight excluding hydrogens is 326 g/mol. The van der Waals surface area contributed by atoms with Crippen LogP contribution in [0.15, 0.2) is 6.33 Å². The molecular formula is C17H23N3O3S. The number of nitrogens with zero attached hydrogens (tertiary/aromatic N) is 3. The maximum absolute atomic E-state index is 11.4. The minimum absolute atomic E-state index is 0.265. The molecule has 3 rings (SSSR count). The van der Waals surface area contributed by atoms with Gasteiger partial charge in [0.1, 0.15) is 21.9 Å². The number of thiophene rings is 1. The number of anilines is 1. The zero-order chi connectivity index (χ0) is 17.4. The van der Waals surface area contributed by atoms with E-state index in [-0.39, 0.29) is 12.0 Å². The van der Waals surface area contributed by atoms with Crippen molar-refractivity contribution < 1.29 is 15.0 Å². The number of carboxylic acid groups (broad SMARTS) is 1. The molecule has 0 radical (unpaired) electrons. The highest BCUT2D eigenvalue weighted by Gasteiger charge is 2.29. The summed E-state index contributed by atoms with van der Waals surface area (Å²) in [7, 11) is 0. The lowest BCUT2D eigenvalue weighted by Crippen LogP contribution is -2.39. The number of rotatable bonds is 4. The Morgan fingerprint density at radius 1 is 1.33 bits per heavy atom. The summed E-state index contributed by atoms with van der Waals surface area (Å²) < 4.78 is 0. The van der Waals surface area contributed by atoms with Crippen molar-refractivity contribution in [1.29, 1.82) is 0 Å². The highest BCUT2D eigenvalue weighted by Crippen LogP contribution is 2.36. The largest absolute Gasteiger partial charge is 0.477 e. The minimum atomic E-state index is -0.916. The maximum atomic E-state index is 11.4. The van der Waals surface area contributed by atoms with Crippen LogP contribution in [0.1, 0.15) is 41.9 Å². The number of carbonyl (C=O) groups is 1. The van der Waals surface area contributed by atoms with Crippen LogP contribution >= 0.6 is 11.3 Å². The van der Waals surface area contributed by atoms with Gasteiger partial charge in [-0.05, 0) is 37.2 Å². The van der Waals surface area contributed by atoms with Gasteiger partial charge in [-0.3, -0.25) is 0 Å². The van der Waals surface area contributed by atoms with Gasteiger partial charge in [0.25, 0.3) is 0 Å². The summed E-state index contributed by atoms with van der Waals surface area (Å²) in [5.41, 5.74) is 0.738. The van der Waals surface area contributed by atoms with Crippen LogP contribution in [0.3, 0.4) is 0 Å². The van der Waals surface area contributed by atoms with Gasteiger partial charge in [0, 0.05) is 13.1 Å². The zero-order valence-electron chi connectivity index (χ0n) is 14.2. The first-order chi connectivity index (χ1) is 11.4. The number of hydrogen-bond donors (Lipinski definition) is 2. The van der Waals surface area contributed by atoms with Crippen LogP contribution in [0, 0.1) is 18.8 Å². The smallest absolute Gasteiger partial charge is 0.346 e. The van der Waals surface area contributed by atoms with Gasteiger partial charge in [0.05, 0.1) is 11.5 Å². The van der Waals surface area contributed by atoms with Crippen LogP contribution in [0.2, 0.25) is 0 Å². The van der Waals surface area contributed by atoms with Gasteiger partial charge in [-0.25, -0.2) is 14.8 Å². The number of carboxylic acids is 1. The molecule has 2 aromatic rings. The van der Waals surface area contributed by atoms with Crippen molar-refractivity contribution in [3.05, 3.63) is 16.8 Å². The first-order valence-corrected chi connectivity index (χ1v) is 9.12. The van der Waals surface area contributed by atoms with E-state index in [1.54, 1.807) is 0 Å². The van der Waals surface area contributed by atoms with Crippen LogP contribution in [-0.4, -0.2) is 45.3 Å². The number of aliphatic hydroxyl groups is 1. The first kappa shape index (κ1) is 17.1. The second-order valence-corrected chi connectivity index (χ2v) is 7.80. The Bertz CT molecular complexity index is 751. The number of piperidine rings is 1. The molecule has 3 heterocycles. The Balaban J connectivity index is 1.87. The second kappa shape index (κ2) is 6.64. The average molecular weight is 349 g/mol. The van der Waals surface area contributed by atoms with Crippen LogP contribution in [0.4, 0.5) is 5.82 Å². The van der Waals surface area contributed by atoms with Crippen molar-refractivity contribution in [3.8, 4) is 0 Å². The number of aromatic nitrogens is 2. The van der Waals surface area contributed by atoms with Crippen LogP contribution in [0.5, 0.6) is 0 Å². The average Bonchev–Trinajstić information content (AvgIpc) is 2.91. The van der Waals surface area contributed by atoms with E-state index in [1.807, 2.05) is 20.8 Å². The summed E-state index contributed by atoms with van der Waals surface area (Å²) in [6, 6.07) is 0. The summed E-state index contributed by atoms with van der Waals surface area (Å²) in [5, 5.41) is 20.5. The first-order valence-electron chi connectivity index (χ1n) is 8.30. The zero-order valence-corrected chi connectivity index (χ0v) is 15.0. The molecule has 0 bridgehead atoms. The molecule has 24 heavy (non-hydrogen) atoms. The quantitative estimate of drug-likeness (QED) is 0.882. The van der Waals surface area contributed by atoms with Crippen molar-refractivity contribution in [2.24, 2.45) is 11.8 Å². The lowest BCUT2D eigenvalue weighted by Gasteiger charge is -2.36. The Morgan fingerprint density at radius 3 is 2.58 bits per heavy atom. The molecule has 0 spiro atoms. The molecule has 7 heteroatoms. The summed E-state index contributed by atoms with van der Waals surface area (Å²) in [4.78, 5) is 23.3. The lowest BCUT2D eigenvalue weighted by molar-refractivity contribution is 0.0526. The molecule has 0 aliphatic carbocycles. The van der Waals surface area contributed by atoms with E-state index in [0.717, 1.165) is 47.5 Å². The van der Waals surface area contributed by atoms with Crippen LogP contribution in [-0.2, 0) is 0 Å². The fraction of sp³-hybridized carbons (Fsp3) is 0.588. The van der Waals surface area contributed by atoms with Crippen LogP contribution < -0.4 is 4.90 Å². The maximum Gasteiger partial charge on any atom is 0.346 e. The summed E-state index contributed by atoms with van der Waals surface area (Å²) in [5.74, 6) is 0.486. The number of aliphatic hydroxyl groups excluding tert-OH is 1. The number of hydrogen-bond acceptors (Lipinski definition) is 6. The normalized spacial score (nSPS) is 17.6. The topological polar surface area (TPSA) is 86.5 Å². The van der Waals surface area contributed by atoms with Gasteiger partial charge in [-0.2, -0.15) is 0 Å². The molecule has 0 aromatic carbocycles. The molecule has 130 valence electrons. The highest BCUT2D eigenvalue weighted by atomic mass is 32.1. The molecule has 0 saturated carbocycles. The molecule has 2 aromatic heterocycles. The van der Waals surface area contributed by atoms with E-state index in [4.69, 9.17) is 0 Å². The van der Waals surface area contributed by atoms with Gasteiger partial charge in [-0.1, -0.05) is 13.8 Å². The van der Waals surface area contributed by atoms with Crippen molar-refractivity contribution in [3.63, 3.8) is 0 Å². The number of fused-ring (bicyclic) bond motifs is 1. The van der Waals surface area contributed by atoms with Crippen LogP contribution in [0.25, 0.3) is 10.2 Å². The molecule has 6 nitrogen and oxygen atoms in total. The van der Waals surface area contributed by atoms with Gasteiger partial charge in [-0.15, -0.1) is 11.3 Å². The van der Waals surface area contributed by atoms with Gasteiger partial charge in [0.15, 0.2) is 0 Å². The third-order valence-electron chi connectivity index (χ3n) is 4.91. The number of aromatic carboxylic acids is 1. The van der Waals surface area contributed by atoms with E-state index >= 15 is 0 Å². The van der Waals surface area contributed by atoms with Gasteiger partial charge in [0.2, 0.25) is 0 Å². The predicted octanol–water partition coefficient (Wildman–Crippen LogP) is 2.93. The summed E-state index contributed by atoms with van der Waals surface area (Å²) in [6.45, 7) is 7.56. The molecule has 1 atom stereocenters. The van der Waals surface area contributed by atoms with E-state index in [9.17, 15) is 15.0 Å². The molecule has 0 unspecified atom stereocenters. The Hall–Kier alpha value is -1.73. The Morgan fingerprint density at radius 2 is 2.00 bits per heavy atom.